The third-order valence-electron chi connectivity index (χ3n) is 7.41. The van der Waals surface area contributed by atoms with E-state index in [0.29, 0.717) is 17.2 Å². The van der Waals surface area contributed by atoms with E-state index in [2.05, 4.69) is 52.0 Å². The lowest BCUT2D eigenvalue weighted by atomic mass is 9.91. The first-order valence-corrected chi connectivity index (χ1v) is 14.0. The molecule has 0 aliphatic heterocycles. The Bertz CT molecular complexity index is 1410. The van der Waals surface area contributed by atoms with Crippen LogP contribution in [0.2, 0.25) is 0 Å². The van der Waals surface area contributed by atoms with Crippen LogP contribution in [-0.2, 0) is 6.42 Å². The molecule has 0 amide bonds. The molecule has 0 saturated heterocycles. The molecule has 4 aromatic rings. The number of esters is 1. The van der Waals surface area contributed by atoms with Crippen molar-refractivity contribution in [2.75, 3.05) is 0 Å². The molecule has 1 atom stereocenters. The van der Waals surface area contributed by atoms with E-state index < -0.39 is 0 Å². The highest BCUT2D eigenvalue weighted by Gasteiger charge is 2.13. The number of benzene rings is 4. The molecule has 0 spiro atoms. The normalized spacial score (nSPS) is 12.5. The largest absolute Gasteiger partial charge is 0.508 e. The molecule has 4 aromatic carbocycles. The Kier molecular flexibility index (Phi) is 9.38. The molecule has 0 aliphatic rings. The summed E-state index contributed by atoms with van der Waals surface area (Å²) in [5.41, 5.74) is 8.87. The minimum absolute atomic E-state index is 0.263. The second-order valence-corrected chi connectivity index (χ2v) is 10.1. The number of allylic oxidation sites excluding steroid dienone is 2. The van der Waals surface area contributed by atoms with Crippen LogP contribution >= 0.6 is 0 Å². The lowest BCUT2D eigenvalue weighted by molar-refractivity contribution is 0.0735. The topological polar surface area (TPSA) is 46.5 Å². The second-order valence-electron chi connectivity index (χ2n) is 10.1. The van der Waals surface area contributed by atoms with E-state index in [1.165, 1.54) is 22.3 Å². The number of carbonyl (C=O) groups excluding carboxylic acids is 1. The van der Waals surface area contributed by atoms with Gasteiger partial charge in [-0.1, -0.05) is 94.8 Å². The molecule has 0 aliphatic carbocycles. The summed E-state index contributed by atoms with van der Waals surface area (Å²) in [5, 5.41) is 9.66. The van der Waals surface area contributed by atoms with Crippen molar-refractivity contribution in [1.82, 2.24) is 0 Å². The number of phenolic OH excluding ortho intramolecular Hbond substituents is 1. The number of aromatic hydroxyl groups is 1. The van der Waals surface area contributed by atoms with Crippen LogP contribution < -0.4 is 4.74 Å². The van der Waals surface area contributed by atoms with Gasteiger partial charge in [0.2, 0.25) is 0 Å². The van der Waals surface area contributed by atoms with Crippen molar-refractivity contribution in [2.45, 2.75) is 53.4 Å². The predicted molar refractivity (Wildman–Crippen MR) is 162 cm³/mol. The summed E-state index contributed by atoms with van der Waals surface area (Å²) in [6.45, 7) is 8.79. The van der Waals surface area contributed by atoms with Crippen molar-refractivity contribution < 1.29 is 14.6 Å². The average molecular weight is 519 g/mol. The third-order valence-corrected chi connectivity index (χ3v) is 7.41. The van der Waals surface area contributed by atoms with Crippen molar-refractivity contribution in [3.8, 4) is 22.6 Å². The Morgan fingerprint density at radius 3 is 1.82 bits per heavy atom. The van der Waals surface area contributed by atoms with E-state index in [1.54, 1.807) is 12.1 Å². The van der Waals surface area contributed by atoms with E-state index in [9.17, 15) is 9.90 Å². The number of carbonyl (C=O) groups is 1. The fraction of sp³-hybridized carbons (Fsp3) is 0.250. The van der Waals surface area contributed by atoms with Crippen LogP contribution in [0.15, 0.2) is 97.1 Å². The Morgan fingerprint density at radius 1 is 0.718 bits per heavy atom. The van der Waals surface area contributed by atoms with Crippen LogP contribution in [0.25, 0.3) is 22.3 Å². The molecular weight excluding hydrogens is 480 g/mol. The van der Waals surface area contributed by atoms with Gasteiger partial charge in [0.25, 0.3) is 0 Å². The van der Waals surface area contributed by atoms with Crippen LogP contribution in [-0.4, -0.2) is 11.1 Å². The molecule has 4 rings (SSSR count). The molecule has 0 unspecified atom stereocenters. The zero-order valence-electron chi connectivity index (χ0n) is 23.4. The van der Waals surface area contributed by atoms with Crippen LogP contribution in [0.4, 0.5) is 0 Å². The number of phenols is 1. The number of ether oxygens (including phenoxy) is 1. The Morgan fingerprint density at radius 2 is 1.26 bits per heavy atom. The molecule has 0 saturated carbocycles. The molecule has 0 fully saturated rings. The van der Waals surface area contributed by atoms with Gasteiger partial charge in [-0.25, -0.2) is 4.79 Å². The van der Waals surface area contributed by atoms with E-state index in [1.807, 2.05) is 60.7 Å². The van der Waals surface area contributed by atoms with Gasteiger partial charge < -0.3 is 9.84 Å². The lowest BCUT2D eigenvalue weighted by Gasteiger charge is -2.15. The summed E-state index contributed by atoms with van der Waals surface area (Å²) in [6, 6.07) is 31.3. The van der Waals surface area contributed by atoms with Gasteiger partial charge in [0.15, 0.2) is 0 Å². The summed E-state index contributed by atoms with van der Waals surface area (Å²) >= 11 is 0. The maximum atomic E-state index is 12.9. The summed E-state index contributed by atoms with van der Waals surface area (Å²) < 4.78 is 5.71. The highest BCUT2D eigenvalue weighted by Crippen LogP contribution is 2.33. The average Bonchev–Trinajstić information content (AvgIpc) is 2.97. The molecule has 3 heteroatoms. The molecule has 0 aromatic heterocycles. The van der Waals surface area contributed by atoms with Crippen LogP contribution in [0.5, 0.6) is 11.5 Å². The maximum absolute atomic E-state index is 12.9. The van der Waals surface area contributed by atoms with Crippen molar-refractivity contribution in [3.05, 3.63) is 119 Å². The van der Waals surface area contributed by atoms with Crippen molar-refractivity contribution in [2.24, 2.45) is 5.92 Å². The summed E-state index contributed by atoms with van der Waals surface area (Å²) in [5.74, 6) is 1.04. The first-order valence-electron chi connectivity index (χ1n) is 14.0. The molecule has 1 N–H and O–H groups in total. The third kappa shape index (κ3) is 6.86. The monoisotopic (exact) mass is 518 g/mol. The van der Waals surface area contributed by atoms with Gasteiger partial charge in [0, 0.05) is 0 Å². The maximum Gasteiger partial charge on any atom is 0.343 e. The molecule has 200 valence electrons. The summed E-state index contributed by atoms with van der Waals surface area (Å²) in [6.07, 6.45) is 3.93. The predicted octanol–water partition coefficient (Wildman–Crippen LogP) is 9.60. The Balaban J connectivity index is 1.49. The second kappa shape index (κ2) is 13.1. The van der Waals surface area contributed by atoms with Gasteiger partial charge in [0.05, 0.1) is 5.56 Å². The first-order chi connectivity index (χ1) is 18.9. The first kappa shape index (κ1) is 27.9. The fourth-order valence-corrected chi connectivity index (χ4v) is 5.02. The van der Waals surface area contributed by atoms with Gasteiger partial charge in [-0.2, -0.15) is 0 Å². The Labute approximate surface area is 232 Å². The molecular formula is C36H38O3. The molecule has 3 nitrogen and oxygen atoms in total. The van der Waals surface area contributed by atoms with Crippen LogP contribution in [0.1, 0.15) is 74.0 Å². The smallest absolute Gasteiger partial charge is 0.343 e. The molecule has 0 heterocycles. The minimum Gasteiger partial charge on any atom is -0.508 e. The van der Waals surface area contributed by atoms with Gasteiger partial charge >= 0.3 is 5.97 Å². The van der Waals surface area contributed by atoms with Gasteiger partial charge in [-0.3, -0.25) is 0 Å². The van der Waals surface area contributed by atoms with Crippen LogP contribution in [0, 0.1) is 5.92 Å². The van der Waals surface area contributed by atoms with Crippen molar-refractivity contribution >= 4 is 17.1 Å². The summed E-state index contributed by atoms with van der Waals surface area (Å²) in [7, 11) is 0. The quantitative estimate of drug-likeness (QED) is 0.129. The molecule has 0 bridgehead atoms. The zero-order valence-corrected chi connectivity index (χ0v) is 23.4. The zero-order chi connectivity index (χ0) is 27.8. The fourth-order valence-electron chi connectivity index (χ4n) is 5.02. The number of rotatable bonds is 10. The highest BCUT2D eigenvalue weighted by molar-refractivity contribution is 5.92. The van der Waals surface area contributed by atoms with Gasteiger partial charge in [-0.05, 0) is 101 Å². The van der Waals surface area contributed by atoms with E-state index in [4.69, 9.17) is 4.74 Å². The van der Waals surface area contributed by atoms with E-state index in [0.717, 1.165) is 42.4 Å². The SMILES string of the molecule is CCC(=C(CC)c1ccc(OC(=O)c2ccc(-c3ccccc3C[C@@H](C)CC)cc2)cc1)c1ccc(O)cc1. The summed E-state index contributed by atoms with van der Waals surface area (Å²) in [4.78, 5) is 12.9. The Hall–Kier alpha value is -4.11. The minimum atomic E-state index is -0.369. The standard InChI is InChI=1S/C36H38O3/c1-5-25(4)24-30-10-8-9-11-35(30)28-12-14-29(15-13-28)36(38)39-32-22-18-27(19-23-32)34(7-3)33(6-2)26-16-20-31(37)21-17-26/h8-23,25,37H,5-7,24H2,1-4H3/t25-/m0/s1. The van der Waals surface area contributed by atoms with Crippen molar-refractivity contribution in [3.63, 3.8) is 0 Å². The number of hydrogen-bond acceptors (Lipinski definition) is 3. The lowest BCUT2D eigenvalue weighted by Crippen LogP contribution is -2.08. The number of hydrogen-bond donors (Lipinski definition) is 1. The van der Waals surface area contributed by atoms with Crippen LogP contribution in [0.3, 0.4) is 0 Å². The molecule has 0 radical (unpaired) electrons. The molecule has 39 heavy (non-hydrogen) atoms. The van der Waals surface area contributed by atoms with Gasteiger partial charge in [0.1, 0.15) is 11.5 Å². The van der Waals surface area contributed by atoms with E-state index in [-0.39, 0.29) is 11.7 Å². The highest BCUT2D eigenvalue weighted by atomic mass is 16.5. The van der Waals surface area contributed by atoms with Gasteiger partial charge in [-0.15, -0.1) is 0 Å². The van der Waals surface area contributed by atoms with E-state index >= 15 is 0 Å². The van der Waals surface area contributed by atoms with Crippen molar-refractivity contribution in [1.29, 1.82) is 0 Å².